The minimum Gasteiger partial charge on any atom is -0.480 e. The molecule has 112 valence electrons. The first-order chi connectivity index (χ1) is 9.45. The average molecular weight is 285 g/mol. The number of piperazine rings is 1. The SMILES string of the molecule is CCC1C(=O)NCCN1C(=O)N1CC(O)C[C@H]1C(=O)O. The Kier molecular flexibility index (Phi) is 4.12. The molecule has 2 unspecified atom stereocenters. The molecule has 2 fully saturated rings. The maximum absolute atomic E-state index is 12.5. The third-order valence-electron chi connectivity index (χ3n) is 3.77. The predicted molar refractivity (Wildman–Crippen MR) is 67.9 cm³/mol. The lowest BCUT2D eigenvalue weighted by atomic mass is 10.1. The van der Waals surface area contributed by atoms with E-state index in [4.69, 9.17) is 5.11 Å². The van der Waals surface area contributed by atoms with Crippen molar-refractivity contribution in [3.8, 4) is 0 Å². The fraction of sp³-hybridized carbons (Fsp3) is 0.750. The number of carboxylic acid groups (broad SMARTS) is 1. The Balaban J connectivity index is 2.16. The van der Waals surface area contributed by atoms with E-state index < -0.39 is 30.2 Å². The summed E-state index contributed by atoms with van der Waals surface area (Å²) >= 11 is 0. The van der Waals surface area contributed by atoms with Gasteiger partial charge in [-0.25, -0.2) is 9.59 Å². The molecule has 0 aromatic carbocycles. The van der Waals surface area contributed by atoms with Gasteiger partial charge in [0.15, 0.2) is 0 Å². The third kappa shape index (κ3) is 2.55. The Morgan fingerprint density at radius 3 is 2.70 bits per heavy atom. The van der Waals surface area contributed by atoms with Gasteiger partial charge in [0.1, 0.15) is 12.1 Å². The van der Waals surface area contributed by atoms with Crippen LogP contribution in [0.1, 0.15) is 19.8 Å². The van der Waals surface area contributed by atoms with Crippen LogP contribution in [0, 0.1) is 0 Å². The van der Waals surface area contributed by atoms with Gasteiger partial charge >= 0.3 is 12.0 Å². The molecule has 0 aliphatic carbocycles. The summed E-state index contributed by atoms with van der Waals surface area (Å²) in [5.41, 5.74) is 0. The molecule has 0 radical (unpaired) electrons. The number of likely N-dealkylation sites (tertiary alicyclic amines) is 1. The van der Waals surface area contributed by atoms with Crippen molar-refractivity contribution in [1.82, 2.24) is 15.1 Å². The van der Waals surface area contributed by atoms with Crippen LogP contribution in [-0.2, 0) is 9.59 Å². The number of carbonyl (C=O) groups is 3. The molecule has 0 bridgehead atoms. The topological polar surface area (TPSA) is 110 Å². The lowest BCUT2D eigenvalue weighted by Gasteiger charge is -2.37. The highest BCUT2D eigenvalue weighted by atomic mass is 16.4. The molecule has 2 aliphatic heterocycles. The predicted octanol–water partition coefficient (Wildman–Crippen LogP) is -1.16. The zero-order chi connectivity index (χ0) is 14.9. The van der Waals surface area contributed by atoms with E-state index in [1.165, 1.54) is 4.90 Å². The normalized spacial score (nSPS) is 30.3. The molecule has 0 aromatic heterocycles. The van der Waals surface area contributed by atoms with Gasteiger partial charge in [-0.2, -0.15) is 0 Å². The molecular weight excluding hydrogens is 266 g/mol. The van der Waals surface area contributed by atoms with Crippen molar-refractivity contribution in [3.05, 3.63) is 0 Å². The van der Waals surface area contributed by atoms with Gasteiger partial charge in [-0.05, 0) is 6.42 Å². The van der Waals surface area contributed by atoms with E-state index in [0.29, 0.717) is 19.5 Å². The number of urea groups is 1. The summed E-state index contributed by atoms with van der Waals surface area (Å²) in [5, 5.41) is 21.4. The number of β-amino-alcohol motifs (C(OH)–C–C–N with tert-alkyl or cyclic N) is 1. The number of aliphatic hydroxyl groups is 1. The molecule has 20 heavy (non-hydrogen) atoms. The van der Waals surface area contributed by atoms with E-state index in [2.05, 4.69) is 5.32 Å². The molecule has 2 heterocycles. The zero-order valence-corrected chi connectivity index (χ0v) is 11.3. The lowest BCUT2D eigenvalue weighted by Crippen LogP contribution is -2.60. The second-order valence-corrected chi connectivity index (χ2v) is 5.09. The second kappa shape index (κ2) is 5.66. The largest absolute Gasteiger partial charge is 0.480 e. The first kappa shape index (κ1) is 14.6. The number of amides is 3. The number of aliphatic carboxylic acids is 1. The van der Waals surface area contributed by atoms with Gasteiger partial charge in [-0.3, -0.25) is 4.79 Å². The molecule has 3 amide bonds. The number of hydrogen-bond acceptors (Lipinski definition) is 4. The lowest BCUT2D eigenvalue weighted by molar-refractivity contribution is -0.141. The van der Waals surface area contributed by atoms with Gasteiger partial charge in [-0.1, -0.05) is 6.92 Å². The van der Waals surface area contributed by atoms with E-state index in [1.807, 2.05) is 0 Å². The summed E-state index contributed by atoms with van der Waals surface area (Å²) < 4.78 is 0. The van der Waals surface area contributed by atoms with Crippen LogP contribution in [-0.4, -0.2) is 75.7 Å². The summed E-state index contributed by atoms with van der Waals surface area (Å²) in [5.74, 6) is -1.36. The Morgan fingerprint density at radius 1 is 1.40 bits per heavy atom. The number of rotatable bonds is 2. The summed E-state index contributed by atoms with van der Waals surface area (Å²) in [4.78, 5) is 37.9. The molecule has 8 heteroatoms. The Labute approximate surface area is 116 Å². The van der Waals surface area contributed by atoms with Crippen molar-refractivity contribution in [1.29, 1.82) is 0 Å². The van der Waals surface area contributed by atoms with E-state index in [0.717, 1.165) is 4.90 Å². The summed E-state index contributed by atoms with van der Waals surface area (Å²) in [6.07, 6.45) is -0.345. The molecule has 3 N–H and O–H groups in total. The number of carbonyl (C=O) groups excluding carboxylic acids is 2. The van der Waals surface area contributed by atoms with E-state index in [1.54, 1.807) is 6.92 Å². The maximum Gasteiger partial charge on any atom is 0.326 e. The summed E-state index contributed by atoms with van der Waals surface area (Å²) in [7, 11) is 0. The summed E-state index contributed by atoms with van der Waals surface area (Å²) in [6.45, 7) is 2.49. The van der Waals surface area contributed by atoms with Crippen molar-refractivity contribution in [2.75, 3.05) is 19.6 Å². The fourth-order valence-electron chi connectivity index (χ4n) is 2.77. The number of nitrogens with one attached hydrogen (secondary N) is 1. The van der Waals surface area contributed by atoms with Crippen LogP contribution in [0.5, 0.6) is 0 Å². The van der Waals surface area contributed by atoms with Crippen LogP contribution < -0.4 is 5.32 Å². The van der Waals surface area contributed by atoms with Crippen LogP contribution in [0.3, 0.4) is 0 Å². The average Bonchev–Trinajstić information content (AvgIpc) is 2.80. The van der Waals surface area contributed by atoms with Crippen molar-refractivity contribution in [2.24, 2.45) is 0 Å². The molecule has 0 spiro atoms. The quantitative estimate of drug-likeness (QED) is 0.592. The van der Waals surface area contributed by atoms with E-state index >= 15 is 0 Å². The standard InChI is InChI=1S/C12H19N3O5/c1-2-8-10(17)13-3-4-14(8)12(20)15-6-7(16)5-9(15)11(18)19/h7-9,16H,2-6H2,1H3,(H,13,17)(H,18,19)/t7?,8?,9-/m0/s1. The van der Waals surface area contributed by atoms with Crippen molar-refractivity contribution in [3.63, 3.8) is 0 Å². The number of aliphatic hydroxyl groups excluding tert-OH is 1. The van der Waals surface area contributed by atoms with Crippen molar-refractivity contribution >= 4 is 17.9 Å². The van der Waals surface area contributed by atoms with Gasteiger partial charge < -0.3 is 25.3 Å². The maximum atomic E-state index is 12.5. The highest BCUT2D eigenvalue weighted by Crippen LogP contribution is 2.22. The van der Waals surface area contributed by atoms with Gasteiger partial charge in [0.05, 0.1) is 6.10 Å². The number of carboxylic acids is 1. The van der Waals surface area contributed by atoms with Crippen LogP contribution >= 0.6 is 0 Å². The van der Waals surface area contributed by atoms with Gasteiger partial charge in [-0.15, -0.1) is 0 Å². The monoisotopic (exact) mass is 285 g/mol. The van der Waals surface area contributed by atoms with Crippen LogP contribution in [0.2, 0.25) is 0 Å². The fourth-order valence-corrected chi connectivity index (χ4v) is 2.77. The first-order valence-electron chi connectivity index (χ1n) is 6.71. The Morgan fingerprint density at radius 2 is 2.10 bits per heavy atom. The van der Waals surface area contributed by atoms with Gasteiger partial charge in [0, 0.05) is 26.1 Å². The molecule has 0 saturated carbocycles. The molecule has 8 nitrogen and oxygen atoms in total. The van der Waals surface area contributed by atoms with Gasteiger partial charge in [0.25, 0.3) is 0 Å². The molecule has 2 rings (SSSR count). The van der Waals surface area contributed by atoms with E-state index in [9.17, 15) is 19.5 Å². The number of nitrogens with zero attached hydrogens (tertiary/aromatic N) is 2. The third-order valence-corrected chi connectivity index (χ3v) is 3.77. The Bertz CT molecular complexity index is 421. The molecular formula is C12H19N3O5. The Hall–Kier alpha value is -1.83. The van der Waals surface area contributed by atoms with Crippen molar-refractivity contribution < 1.29 is 24.6 Å². The minimum absolute atomic E-state index is 0.00957. The number of hydrogen-bond donors (Lipinski definition) is 3. The van der Waals surface area contributed by atoms with Crippen molar-refractivity contribution in [2.45, 2.75) is 38.0 Å². The highest BCUT2D eigenvalue weighted by Gasteiger charge is 2.43. The second-order valence-electron chi connectivity index (χ2n) is 5.09. The van der Waals surface area contributed by atoms with Crippen LogP contribution in [0.15, 0.2) is 0 Å². The zero-order valence-electron chi connectivity index (χ0n) is 11.3. The van der Waals surface area contributed by atoms with Gasteiger partial charge in [0.2, 0.25) is 5.91 Å². The molecule has 2 aliphatic rings. The molecule has 0 aromatic rings. The smallest absolute Gasteiger partial charge is 0.326 e. The first-order valence-corrected chi connectivity index (χ1v) is 6.71. The minimum atomic E-state index is -1.13. The molecule has 2 saturated heterocycles. The highest BCUT2D eigenvalue weighted by molar-refractivity contribution is 5.90. The summed E-state index contributed by atoms with van der Waals surface area (Å²) in [6, 6.07) is -2.10. The van der Waals surface area contributed by atoms with E-state index in [-0.39, 0.29) is 18.9 Å². The van der Waals surface area contributed by atoms with Crippen LogP contribution in [0.25, 0.3) is 0 Å². The van der Waals surface area contributed by atoms with Crippen LogP contribution in [0.4, 0.5) is 4.79 Å². The molecule has 3 atom stereocenters.